The Morgan fingerprint density at radius 2 is 1.61 bits per heavy atom. The predicted octanol–water partition coefficient (Wildman–Crippen LogP) is 5.08. The molecule has 1 aliphatic rings. The van der Waals surface area contributed by atoms with E-state index >= 15 is 0 Å². The lowest BCUT2D eigenvalue weighted by Crippen LogP contribution is -2.45. The Balaban J connectivity index is 1.71. The molecule has 0 unspecified atom stereocenters. The summed E-state index contributed by atoms with van der Waals surface area (Å²) in [6.45, 7) is 1.52. The average Bonchev–Trinajstić information content (AvgIpc) is 2.93. The number of carbonyl (C=O) groups excluding carboxylic acids is 2. The highest BCUT2D eigenvalue weighted by Gasteiger charge is 2.28. The highest BCUT2D eigenvalue weighted by Crippen LogP contribution is 2.25. The molecule has 0 aliphatic carbocycles. The second-order valence-electron chi connectivity index (χ2n) is 9.14. The van der Waals surface area contributed by atoms with Gasteiger partial charge < -0.3 is 19.3 Å². The highest BCUT2D eigenvalue weighted by atomic mass is 16.5. The molecule has 0 saturated carbocycles. The van der Waals surface area contributed by atoms with Gasteiger partial charge in [-0.25, -0.2) is 0 Å². The molecular weight excluding hydrogens is 452 g/mol. The number of rotatable bonds is 4. The van der Waals surface area contributed by atoms with Crippen LogP contribution in [0.1, 0.15) is 45.5 Å². The first-order valence-electron chi connectivity index (χ1n) is 12.5. The van der Waals surface area contributed by atoms with Crippen molar-refractivity contribution in [1.29, 1.82) is 0 Å². The molecule has 1 atom stereocenters. The Hall–Kier alpha value is -3.80. The fourth-order valence-corrected chi connectivity index (χ4v) is 4.64. The van der Waals surface area contributed by atoms with Gasteiger partial charge in [-0.2, -0.15) is 0 Å². The fraction of sp³-hybridized carbons (Fsp3) is 0.333. The number of para-hydroxylation sites is 2. The molecule has 188 valence electrons. The normalized spacial score (nSPS) is 17.2. The molecule has 0 bridgehead atoms. The van der Waals surface area contributed by atoms with E-state index in [1.807, 2.05) is 72.6 Å². The van der Waals surface area contributed by atoms with Crippen LogP contribution in [0, 0.1) is 0 Å². The minimum atomic E-state index is -0.230. The van der Waals surface area contributed by atoms with Gasteiger partial charge in [0.05, 0.1) is 24.3 Å². The van der Waals surface area contributed by atoms with Gasteiger partial charge in [0.2, 0.25) is 0 Å². The van der Waals surface area contributed by atoms with Gasteiger partial charge in [-0.05, 0) is 55.5 Å². The van der Waals surface area contributed by atoms with Crippen molar-refractivity contribution in [3.8, 4) is 11.5 Å². The van der Waals surface area contributed by atoms with E-state index in [-0.39, 0.29) is 24.5 Å². The van der Waals surface area contributed by atoms with Crippen molar-refractivity contribution < 1.29 is 19.1 Å². The molecule has 1 aliphatic heterocycles. The zero-order valence-electron chi connectivity index (χ0n) is 21.1. The SMILES string of the molecule is COc1ccccc1C(=O)N1CCCCCN(C)C(=O)c2ccccc2OC[C@H]1Cc1ccccc1. The summed E-state index contributed by atoms with van der Waals surface area (Å²) in [5.74, 6) is 0.971. The van der Waals surface area contributed by atoms with Crippen molar-refractivity contribution in [2.75, 3.05) is 33.9 Å². The van der Waals surface area contributed by atoms with Gasteiger partial charge in [-0.15, -0.1) is 0 Å². The number of hydrogen-bond donors (Lipinski definition) is 0. The van der Waals surface area contributed by atoms with Crippen molar-refractivity contribution in [2.24, 2.45) is 0 Å². The lowest BCUT2D eigenvalue weighted by molar-refractivity contribution is 0.0602. The Labute approximate surface area is 213 Å². The van der Waals surface area contributed by atoms with Crippen molar-refractivity contribution in [2.45, 2.75) is 31.7 Å². The zero-order valence-corrected chi connectivity index (χ0v) is 21.1. The summed E-state index contributed by atoms with van der Waals surface area (Å²) >= 11 is 0. The predicted molar refractivity (Wildman–Crippen MR) is 141 cm³/mol. The molecular formula is C30H34N2O4. The van der Waals surface area contributed by atoms with Gasteiger partial charge in [-0.3, -0.25) is 9.59 Å². The molecule has 0 aromatic heterocycles. The summed E-state index contributed by atoms with van der Waals surface area (Å²) in [4.78, 5) is 30.7. The molecule has 4 rings (SSSR count). The first kappa shape index (κ1) is 25.3. The molecule has 3 aromatic carbocycles. The molecule has 0 spiro atoms. The van der Waals surface area contributed by atoms with E-state index in [0.717, 1.165) is 24.8 Å². The molecule has 2 amide bonds. The van der Waals surface area contributed by atoms with Crippen LogP contribution in [0.4, 0.5) is 0 Å². The quantitative estimate of drug-likeness (QED) is 0.516. The third-order valence-electron chi connectivity index (χ3n) is 6.64. The molecule has 6 nitrogen and oxygen atoms in total. The summed E-state index contributed by atoms with van der Waals surface area (Å²) in [6.07, 6.45) is 3.25. The van der Waals surface area contributed by atoms with Gasteiger partial charge >= 0.3 is 0 Å². The van der Waals surface area contributed by atoms with Crippen LogP contribution in [0.25, 0.3) is 0 Å². The van der Waals surface area contributed by atoms with Gasteiger partial charge in [0.15, 0.2) is 0 Å². The van der Waals surface area contributed by atoms with E-state index in [4.69, 9.17) is 9.47 Å². The Kier molecular flexibility index (Phi) is 8.61. The van der Waals surface area contributed by atoms with Crippen LogP contribution in [0.15, 0.2) is 78.9 Å². The fourth-order valence-electron chi connectivity index (χ4n) is 4.64. The minimum absolute atomic E-state index is 0.0496. The minimum Gasteiger partial charge on any atom is -0.496 e. The molecule has 1 heterocycles. The highest BCUT2D eigenvalue weighted by molar-refractivity contribution is 5.97. The van der Waals surface area contributed by atoms with Gasteiger partial charge in [0.1, 0.15) is 18.1 Å². The summed E-state index contributed by atoms with van der Waals surface area (Å²) in [5, 5.41) is 0. The van der Waals surface area contributed by atoms with Crippen molar-refractivity contribution in [1.82, 2.24) is 9.80 Å². The van der Waals surface area contributed by atoms with Crippen LogP contribution in [0.2, 0.25) is 0 Å². The first-order chi connectivity index (χ1) is 17.6. The van der Waals surface area contributed by atoms with E-state index in [9.17, 15) is 9.59 Å². The maximum atomic E-state index is 13.9. The van der Waals surface area contributed by atoms with E-state index in [1.54, 1.807) is 18.1 Å². The summed E-state index contributed by atoms with van der Waals surface area (Å²) < 4.78 is 11.8. The van der Waals surface area contributed by atoms with Crippen LogP contribution in [-0.4, -0.2) is 61.5 Å². The van der Waals surface area contributed by atoms with E-state index in [1.165, 1.54) is 0 Å². The Bertz CT molecular complexity index is 1160. The topological polar surface area (TPSA) is 59.1 Å². The van der Waals surface area contributed by atoms with Crippen molar-refractivity contribution in [3.63, 3.8) is 0 Å². The second kappa shape index (κ2) is 12.2. The number of carbonyl (C=O) groups is 2. The number of fused-ring (bicyclic) bond motifs is 1. The third-order valence-corrected chi connectivity index (χ3v) is 6.64. The van der Waals surface area contributed by atoms with Crippen molar-refractivity contribution >= 4 is 11.8 Å². The van der Waals surface area contributed by atoms with Crippen molar-refractivity contribution in [3.05, 3.63) is 95.6 Å². The Morgan fingerprint density at radius 1 is 0.917 bits per heavy atom. The number of ether oxygens (including phenoxy) is 2. The van der Waals surface area contributed by atoms with Crippen LogP contribution >= 0.6 is 0 Å². The van der Waals surface area contributed by atoms with Crippen LogP contribution in [0.3, 0.4) is 0 Å². The van der Waals surface area contributed by atoms with E-state index in [2.05, 4.69) is 12.1 Å². The Morgan fingerprint density at radius 3 is 2.42 bits per heavy atom. The lowest BCUT2D eigenvalue weighted by atomic mass is 10.0. The molecule has 0 N–H and O–H groups in total. The number of methoxy groups -OCH3 is 1. The van der Waals surface area contributed by atoms with Gasteiger partial charge in [-0.1, -0.05) is 54.6 Å². The molecule has 36 heavy (non-hydrogen) atoms. The number of hydrogen-bond acceptors (Lipinski definition) is 4. The van der Waals surface area contributed by atoms with Gasteiger partial charge in [0.25, 0.3) is 11.8 Å². The second-order valence-corrected chi connectivity index (χ2v) is 9.14. The molecule has 0 saturated heterocycles. The largest absolute Gasteiger partial charge is 0.496 e. The maximum absolute atomic E-state index is 13.9. The van der Waals surface area contributed by atoms with Gasteiger partial charge in [0, 0.05) is 20.1 Å². The molecule has 0 fully saturated rings. The lowest BCUT2D eigenvalue weighted by Gasteiger charge is -2.33. The van der Waals surface area contributed by atoms with Crippen LogP contribution in [-0.2, 0) is 6.42 Å². The number of nitrogens with zero attached hydrogens (tertiary/aromatic N) is 2. The monoisotopic (exact) mass is 486 g/mol. The van der Waals surface area contributed by atoms with Crippen LogP contribution in [0.5, 0.6) is 11.5 Å². The third kappa shape index (κ3) is 6.06. The van der Waals surface area contributed by atoms with Crippen LogP contribution < -0.4 is 9.47 Å². The summed E-state index contributed by atoms with van der Waals surface area (Å²) in [5.41, 5.74) is 2.20. The van der Waals surface area contributed by atoms with E-state index < -0.39 is 0 Å². The first-order valence-corrected chi connectivity index (χ1v) is 12.5. The molecule has 6 heteroatoms. The summed E-state index contributed by atoms with van der Waals surface area (Å²) in [6, 6.07) is 24.6. The molecule has 3 aromatic rings. The smallest absolute Gasteiger partial charge is 0.257 e. The standard InChI is InChI=1S/C30H34N2O4/c1-31-19-11-4-12-20-32(30(34)25-15-7-9-17-27(25)35-2)24(21-23-13-5-3-6-14-23)22-36-28-18-10-8-16-26(28)29(31)33/h3,5-10,13-18,24H,4,11-12,19-22H2,1-2H3/t24-/m1/s1. The molecule has 0 radical (unpaired) electrons. The summed E-state index contributed by atoms with van der Waals surface area (Å²) in [7, 11) is 3.41. The zero-order chi connectivity index (χ0) is 25.3. The number of benzene rings is 3. The average molecular weight is 487 g/mol. The van der Waals surface area contributed by atoms with E-state index in [0.29, 0.717) is 42.1 Å². The maximum Gasteiger partial charge on any atom is 0.257 e. The number of amides is 2.